The summed E-state index contributed by atoms with van der Waals surface area (Å²) >= 11 is 0. The van der Waals surface area contributed by atoms with Gasteiger partial charge in [0.1, 0.15) is 12.0 Å². The molecule has 1 heterocycles. The molecule has 0 bridgehead atoms. The summed E-state index contributed by atoms with van der Waals surface area (Å²) in [6.45, 7) is 1.74. The van der Waals surface area contributed by atoms with E-state index in [9.17, 15) is 9.59 Å². The molecule has 0 saturated carbocycles. The third-order valence-electron chi connectivity index (χ3n) is 2.54. The average molecular weight is 270 g/mol. The molecule has 1 aromatic carbocycles. The van der Waals surface area contributed by atoms with Crippen molar-refractivity contribution >= 4 is 17.9 Å². The van der Waals surface area contributed by atoms with Gasteiger partial charge in [0, 0.05) is 23.6 Å². The molecule has 1 N–H and O–H groups in total. The highest BCUT2D eigenvalue weighted by Gasteiger charge is 2.05. The molecule has 0 atom stereocenters. The molecule has 0 aliphatic heterocycles. The fourth-order valence-corrected chi connectivity index (χ4v) is 1.71. The highest BCUT2D eigenvalue weighted by atomic mass is 16.5. The fourth-order valence-electron chi connectivity index (χ4n) is 1.71. The van der Waals surface area contributed by atoms with E-state index in [0.29, 0.717) is 17.0 Å². The second-order valence-electron chi connectivity index (χ2n) is 4.27. The molecule has 1 amide bonds. The number of ether oxygens (including phenoxy) is 1. The number of anilines is 1. The molecule has 0 aliphatic carbocycles. The standard InChI is InChI=1S/C15H14N2O3/c1-11-6-12(9-18)8-14(7-11)20-10-15(19)17-13-2-4-16-5-3-13/h2-9H,10H2,1H3,(H,16,17,19). The van der Waals surface area contributed by atoms with E-state index in [0.717, 1.165) is 11.8 Å². The van der Waals surface area contributed by atoms with Gasteiger partial charge in [-0.3, -0.25) is 14.6 Å². The van der Waals surface area contributed by atoms with Crippen LogP contribution < -0.4 is 10.1 Å². The summed E-state index contributed by atoms with van der Waals surface area (Å²) in [5.41, 5.74) is 2.08. The Bertz CT molecular complexity index is 612. The van der Waals surface area contributed by atoms with Crippen molar-refractivity contribution in [2.45, 2.75) is 6.92 Å². The van der Waals surface area contributed by atoms with E-state index in [1.54, 1.807) is 42.7 Å². The average Bonchev–Trinajstić information content (AvgIpc) is 2.45. The molecule has 0 aliphatic rings. The van der Waals surface area contributed by atoms with Crippen LogP contribution in [0.4, 0.5) is 5.69 Å². The van der Waals surface area contributed by atoms with E-state index in [-0.39, 0.29) is 12.5 Å². The van der Waals surface area contributed by atoms with Gasteiger partial charge >= 0.3 is 0 Å². The topological polar surface area (TPSA) is 68.3 Å². The number of nitrogens with one attached hydrogen (secondary N) is 1. The van der Waals surface area contributed by atoms with Gasteiger partial charge in [-0.05, 0) is 42.8 Å². The van der Waals surface area contributed by atoms with E-state index < -0.39 is 0 Å². The predicted octanol–water partition coefficient (Wildman–Crippen LogP) is 2.22. The first kappa shape index (κ1) is 13.7. The monoisotopic (exact) mass is 270 g/mol. The molecule has 20 heavy (non-hydrogen) atoms. The van der Waals surface area contributed by atoms with Gasteiger partial charge in [0.05, 0.1) is 0 Å². The van der Waals surface area contributed by atoms with Crippen LogP contribution in [0.25, 0.3) is 0 Å². The van der Waals surface area contributed by atoms with Crippen LogP contribution in [-0.4, -0.2) is 23.8 Å². The molecule has 0 spiro atoms. The number of aryl methyl sites for hydroxylation is 1. The Kier molecular flexibility index (Phi) is 4.44. The number of carbonyl (C=O) groups is 2. The zero-order valence-corrected chi connectivity index (χ0v) is 11.0. The van der Waals surface area contributed by atoms with E-state index >= 15 is 0 Å². The van der Waals surface area contributed by atoms with Gasteiger partial charge < -0.3 is 10.1 Å². The Labute approximate surface area is 116 Å². The summed E-state index contributed by atoms with van der Waals surface area (Å²) in [4.78, 5) is 26.3. The minimum atomic E-state index is -0.273. The van der Waals surface area contributed by atoms with E-state index in [1.165, 1.54) is 0 Å². The number of hydrogen-bond acceptors (Lipinski definition) is 4. The first-order valence-corrected chi connectivity index (χ1v) is 6.07. The molecule has 1 aromatic heterocycles. The Morgan fingerprint density at radius 2 is 2.05 bits per heavy atom. The summed E-state index contributed by atoms with van der Waals surface area (Å²) < 4.78 is 5.38. The number of amides is 1. The molecule has 102 valence electrons. The first-order chi connectivity index (χ1) is 9.67. The second-order valence-corrected chi connectivity index (χ2v) is 4.27. The lowest BCUT2D eigenvalue weighted by molar-refractivity contribution is -0.118. The summed E-state index contributed by atoms with van der Waals surface area (Å²) in [5.74, 6) is 0.224. The molecule has 0 fully saturated rings. The van der Waals surface area contributed by atoms with E-state index in [4.69, 9.17) is 4.74 Å². The highest BCUT2D eigenvalue weighted by Crippen LogP contribution is 2.15. The van der Waals surface area contributed by atoms with Crippen molar-refractivity contribution in [3.8, 4) is 5.75 Å². The van der Waals surface area contributed by atoms with E-state index in [2.05, 4.69) is 10.3 Å². The Balaban J connectivity index is 1.93. The van der Waals surface area contributed by atoms with Crippen molar-refractivity contribution in [3.63, 3.8) is 0 Å². The molecule has 0 unspecified atom stereocenters. The number of aromatic nitrogens is 1. The minimum Gasteiger partial charge on any atom is -0.484 e. The highest BCUT2D eigenvalue weighted by molar-refractivity contribution is 5.91. The smallest absolute Gasteiger partial charge is 0.262 e. The lowest BCUT2D eigenvalue weighted by atomic mass is 10.1. The van der Waals surface area contributed by atoms with Crippen LogP contribution in [0.5, 0.6) is 5.75 Å². The van der Waals surface area contributed by atoms with Crippen molar-refractivity contribution in [3.05, 3.63) is 53.9 Å². The molecule has 0 saturated heterocycles. The number of carbonyl (C=O) groups excluding carboxylic acids is 2. The summed E-state index contributed by atoms with van der Waals surface area (Å²) in [7, 11) is 0. The van der Waals surface area contributed by atoms with Crippen LogP contribution in [0, 0.1) is 6.92 Å². The van der Waals surface area contributed by atoms with Crippen molar-refractivity contribution in [1.29, 1.82) is 0 Å². The molecule has 2 aromatic rings. The minimum absolute atomic E-state index is 0.121. The van der Waals surface area contributed by atoms with Gasteiger partial charge in [-0.2, -0.15) is 0 Å². The van der Waals surface area contributed by atoms with Crippen molar-refractivity contribution < 1.29 is 14.3 Å². The second kappa shape index (κ2) is 6.47. The molecular weight excluding hydrogens is 256 g/mol. The summed E-state index contributed by atoms with van der Waals surface area (Å²) in [6, 6.07) is 8.49. The Morgan fingerprint density at radius 1 is 1.30 bits per heavy atom. The number of rotatable bonds is 5. The van der Waals surface area contributed by atoms with Gasteiger partial charge in [0.25, 0.3) is 5.91 Å². The molecule has 2 rings (SSSR count). The zero-order valence-electron chi connectivity index (χ0n) is 11.0. The Hall–Kier alpha value is -2.69. The van der Waals surface area contributed by atoms with Crippen LogP contribution in [0.2, 0.25) is 0 Å². The van der Waals surface area contributed by atoms with Gasteiger partial charge in [-0.25, -0.2) is 0 Å². The largest absolute Gasteiger partial charge is 0.484 e. The molecule has 5 nitrogen and oxygen atoms in total. The number of benzene rings is 1. The van der Waals surface area contributed by atoms with Gasteiger partial charge in [-0.1, -0.05) is 0 Å². The third kappa shape index (κ3) is 3.91. The van der Waals surface area contributed by atoms with Gasteiger partial charge in [0.15, 0.2) is 6.61 Å². The number of nitrogens with zero attached hydrogens (tertiary/aromatic N) is 1. The van der Waals surface area contributed by atoms with Crippen LogP contribution in [0.3, 0.4) is 0 Å². The van der Waals surface area contributed by atoms with Crippen molar-refractivity contribution in [2.24, 2.45) is 0 Å². The maximum atomic E-state index is 11.7. The SMILES string of the molecule is Cc1cc(C=O)cc(OCC(=O)Nc2ccncc2)c1. The van der Waals surface area contributed by atoms with Crippen molar-refractivity contribution in [2.75, 3.05) is 11.9 Å². The summed E-state index contributed by atoms with van der Waals surface area (Å²) in [6.07, 6.45) is 3.93. The normalized spacial score (nSPS) is 9.85. The number of hydrogen-bond donors (Lipinski definition) is 1. The lowest BCUT2D eigenvalue weighted by Gasteiger charge is -2.08. The maximum absolute atomic E-state index is 11.7. The number of aldehydes is 1. The van der Waals surface area contributed by atoms with E-state index in [1.807, 2.05) is 6.92 Å². The van der Waals surface area contributed by atoms with Crippen LogP contribution in [0.15, 0.2) is 42.7 Å². The molecular formula is C15H14N2O3. The lowest BCUT2D eigenvalue weighted by Crippen LogP contribution is -2.20. The third-order valence-corrected chi connectivity index (χ3v) is 2.54. The quantitative estimate of drug-likeness (QED) is 0.846. The predicted molar refractivity (Wildman–Crippen MR) is 74.9 cm³/mol. The molecule has 5 heteroatoms. The van der Waals surface area contributed by atoms with Crippen LogP contribution in [0.1, 0.15) is 15.9 Å². The Morgan fingerprint density at radius 3 is 2.75 bits per heavy atom. The van der Waals surface area contributed by atoms with Gasteiger partial charge in [0.2, 0.25) is 0 Å². The maximum Gasteiger partial charge on any atom is 0.262 e. The van der Waals surface area contributed by atoms with Crippen LogP contribution >= 0.6 is 0 Å². The van der Waals surface area contributed by atoms with Gasteiger partial charge in [-0.15, -0.1) is 0 Å². The van der Waals surface area contributed by atoms with Crippen LogP contribution in [-0.2, 0) is 4.79 Å². The fraction of sp³-hybridized carbons (Fsp3) is 0.133. The number of pyridine rings is 1. The van der Waals surface area contributed by atoms with Crippen molar-refractivity contribution in [1.82, 2.24) is 4.98 Å². The molecule has 0 radical (unpaired) electrons. The summed E-state index contributed by atoms with van der Waals surface area (Å²) in [5, 5.41) is 2.68. The zero-order chi connectivity index (χ0) is 14.4. The first-order valence-electron chi connectivity index (χ1n) is 6.07.